The van der Waals surface area contributed by atoms with E-state index < -0.39 is 0 Å². The van der Waals surface area contributed by atoms with Gasteiger partial charge in [0.2, 0.25) is 0 Å². The molecule has 0 unspecified atom stereocenters. The van der Waals surface area contributed by atoms with Crippen molar-refractivity contribution in [1.29, 1.82) is 0 Å². The molecular formula is C13H14ClFN2S. The number of aromatic nitrogens is 1. The normalized spacial score (nSPS) is 10.9. The minimum Gasteiger partial charge on any atom is -0.308 e. The van der Waals surface area contributed by atoms with Crippen LogP contribution in [0.2, 0.25) is 5.02 Å². The van der Waals surface area contributed by atoms with E-state index in [-0.39, 0.29) is 10.8 Å². The summed E-state index contributed by atoms with van der Waals surface area (Å²) < 4.78 is 13.0. The molecule has 0 radical (unpaired) electrons. The Labute approximate surface area is 115 Å². The zero-order valence-electron chi connectivity index (χ0n) is 10.3. The van der Waals surface area contributed by atoms with Gasteiger partial charge in [0, 0.05) is 18.0 Å². The third-order valence-corrected chi connectivity index (χ3v) is 3.96. The first-order chi connectivity index (χ1) is 8.56. The number of thiazole rings is 1. The highest BCUT2D eigenvalue weighted by molar-refractivity contribution is 7.11. The van der Waals surface area contributed by atoms with Crippen LogP contribution in [0.1, 0.15) is 21.1 Å². The van der Waals surface area contributed by atoms with Crippen molar-refractivity contribution >= 4 is 22.9 Å². The van der Waals surface area contributed by atoms with E-state index >= 15 is 0 Å². The van der Waals surface area contributed by atoms with E-state index in [0.717, 1.165) is 22.8 Å². The van der Waals surface area contributed by atoms with Gasteiger partial charge in [-0.2, -0.15) is 0 Å². The van der Waals surface area contributed by atoms with Gasteiger partial charge in [-0.3, -0.25) is 0 Å². The van der Waals surface area contributed by atoms with Gasteiger partial charge in [-0.15, -0.1) is 11.3 Å². The summed E-state index contributed by atoms with van der Waals surface area (Å²) in [6, 6.07) is 4.77. The highest BCUT2D eigenvalue weighted by Crippen LogP contribution is 2.18. The summed E-state index contributed by atoms with van der Waals surface area (Å²) >= 11 is 7.42. The van der Waals surface area contributed by atoms with Gasteiger partial charge in [0.25, 0.3) is 0 Å². The highest BCUT2D eigenvalue weighted by atomic mass is 35.5. The number of rotatable bonds is 4. The van der Waals surface area contributed by atoms with Gasteiger partial charge < -0.3 is 5.32 Å². The minimum absolute atomic E-state index is 0.166. The lowest BCUT2D eigenvalue weighted by atomic mass is 10.2. The molecule has 1 aromatic heterocycles. The molecule has 0 bridgehead atoms. The number of benzene rings is 1. The Morgan fingerprint density at radius 3 is 2.72 bits per heavy atom. The molecular weight excluding hydrogens is 271 g/mol. The Bertz CT molecular complexity index is 554. The van der Waals surface area contributed by atoms with Crippen molar-refractivity contribution in [3.05, 3.63) is 50.2 Å². The zero-order valence-corrected chi connectivity index (χ0v) is 11.8. The third kappa shape index (κ3) is 3.28. The Kier molecular flexibility index (Phi) is 4.32. The minimum atomic E-state index is -0.380. The molecule has 0 aliphatic heterocycles. The maximum atomic E-state index is 13.0. The van der Waals surface area contributed by atoms with Crippen molar-refractivity contribution in [2.24, 2.45) is 0 Å². The van der Waals surface area contributed by atoms with E-state index in [1.165, 1.54) is 10.9 Å². The van der Waals surface area contributed by atoms with Crippen molar-refractivity contribution < 1.29 is 4.39 Å². The summed E-state index contributed by atoms with van der Waals surface area (Å²) in [5.74, 6) is -0.380. The van der Waals surface area contributed by atoms with Gasteiger partial charge >= 0.3 is 0 Å². The average Bonchev–Trinajstić information content (AvgIpc) is 2.63. The van der Waals surface area contributed by atoms with Crippen LogP contribution in [-0.4, -0.2) is 4.98 Å². The summed E-state index contributed by atoms with van der Waals surface area (Å²) in [6.07, 6.45) is 0. The number of nitrogens with one attached hydrogen (secondary N) is 1. The van der Waals surface area contributed by atoms with Crippen LogP contribution in [0.3, 0.4) is 0 Å². The maximum Gasteiger partial charge on any atom is 0.141 e. The van der Waals surface area contributed by atoms with E-state index in [1.54, 1.807) is 23.5 Å². The number of aryl methyl sites for hydroxylation is 2. The van der Waals surface area contributed by atoms with Crippen LogP contribution in [0.4, 0.5) is 4.39 Å². The first kappa shape index (κ1) is 13.5. The molecule has 0 amide bonds. The number of hydrogen-bond donors (Lipinski definition) is 1. The predicted octanol–water partition coefficient (Wildman–Crippen LogP) is 3.84. The highest BCUT2D eigenvalue weighted by Gasteiger charge is 2.05. The van der Waals surface area contributed by atoms with Crippen LogP contribution >= 0.6 is 22.9 Å². The molecule has 0 fully saturated rings. The fourth-order valence-electron chi connectivity index (χ4n) is 1.71. The standard InChI is InChI=1S/C13H14ClFN2S/c1-8-13(18-9(2)17-8)7-16-6-10-3-4-12(15)11(14)5-10/h3-5,16H,6-7H2,1-2H3. The number of nitrogens with zero attached hydrogens (tertiary/aromatic N) is 1. The molecule has 96 valence electrons. The van der Waals surface area contributed by atoms with E-state index in [2.05, 4.69) is 10.3 Å². The summed E-state index contributed by atoms with van der Waals surface area (Å²) in [7, 11) is 0. The van der Waals surface area contributed by atoms with Crippen LogP contribution in [0.25, 0.3) is 0 Å². The summed E-state index contributed by atoms with van der Waals surface area (Å²) in [6.45, 7) is 5.44. The maximum absolute atomic E-state index is 13.0. The molecule has 18 heavy (non-hydrogen) atoms. The van der Waals surface area contributed by atoms with E-state index in [1.807, 2.05) is 13.8 Å². The number of hydrogen-bond acceptors (Lipinski definition) is 3. The molecule has 1 heterocycles. The SMILES string of the molecule is Cc1nc(C)c(CNCc2ccc(F)c(Cl)c2)s1. The Balaban J connectivity index is 1.92. The van der Waals surface area contributed by atoms with Gasteiger partial charge in [-0.25, -0.2) is 9.37 Å². The molecule has 1 N–H and O–H groups in total. The topological polar surface area (TPSA) is 24.9 Å². The quantitative estimate of drug-likeness (QED) is 0.923. The molecule has 0 atom stereocenters. The second-order valence-electron chi connectivity index (χ2n) is 4.09. The molecule has 5 heteroatoms. The Hall–Kier alpha value is -0.970. The zero-order chi connectivity index (χ0) is 13.1. The van der Waals surface area contributed by atoms with Crippen molar-refractivity contribution in [3.8, 4) is 0 Å². The van der Waals surface area contributed by atoms with Gasteiger partial charge in [0.05, 0.1) is 15.7 Å². The first-order valence-corrected chi connectivity index (χ1v) is 6.83. The monoisotopic (exact) mass is 284 g/mol. The van der Waals surface area contributed by atoms with Crippen molar-refractivity contribution in [2.75, 3.05) is 0 Å². The summed E-state index contributed by atoms with van der Waals surface area (Å²) in [4.78, 5) is 5.61. The third-order valence-electron chi connectivity index (χ3n) is 2.60. The fraction of sp³-hybridized carbons (Fsp3) is 0.308. The van der Waals surface area contributed by atoms with Gasteiger partial charge in [0.1, 0.15) is 5.82 Å². The molecule has 0 saturated heterocycles. The van der Waals surface area contributed by atoms with Gasteiger partial charge in [-0.1, -0.05) is 17.7 Å². The molecule has 2 rings (SSSR count). The predicted molar refractivity (Wildman–Crippen MR) is 73.5 cm³/mol. The average molecular weight is 285 g/mol. The molecule has 0 saturated carbocycles. The van der Waals surface area contributed by atoms with E-state index in [4.69, 9.17) is 11.6 Å². The molecule has 0 spiro atoms. The van der Waals surface area contributed by atoms with Gasteiger partial charge in [0.15, 0.2) is 0 Å². The fourth-order valence-corrected chi connectivity index (χ4v) is 2.82. The van der Waals surface area contributed by atoms with Crippen LogP contribution in [0.15, 0.2) is 18.2 Å². The molecule has 0 aliphatic carbocycles. The molecule has 2 nitrogen and oxygen atoms in total. The van der Waals surface area contributed by atoms with Crippen LogP contribution in [0.5, 0.6) is 0 Å². The summed E-state index contributed by atoms with van der Waals surface area (Å²) in [5, 5.41) is 4.55. The van der Waals surface area contributed by atoms with Crippen molar-refractivity contribution in [3.63, 3.8) is 0 Å². The second kappa shape index (κ2) is 5.78. The lowest BCUT2D eigenvalue weighted by Gasteiger charge is -2.05. The van der Waals surface area contributed by atoms with Gasteiger partial charge in [-0.05, 0) is 31.5 Å². The van der Waals surface area contributed by atoms with Crippen molar-refractivity contribution in [1.82, 2.24) is 10.3 Å². The smallest absolute Gasteiger partial charge is 0.141 e. The van der Waals surface area contributed by atoms with E-state index in [9.17, 15) is 4.39 Å². The molecule has 2 aromatic rings. The lowest BCUT2D eigenvalue weighted by Crippen LogP contribution is -2.12. The first-order valence-electron chi connectivity index (χ1n) is 5.64. The lowest BCUT2D eigenvalue weighted by molar-refractivity contribution is 0.625. The van der Waals surface area contributed by atoms with E-state index in [0.29, 0.717) is 6.54 Å². The van der Waals surface area contributed by atoms with Crippen molar-refractivity contribution in [2.45, 2.75) is 26.9 Å². The Morgan fingerprint density at radius 1 is 1.33 bits per heavy atom. The Morgan fingerprint density at radius 2 is 2.11 bits per heavy atom. The molecule has 1 aromatic carbocycles. The molecule has 0 aliphatic rings. The van der Waals surface area contributed by atoms with Crippen LogP contribution in [-0.2, 0) is 13.1 Å². The summed E-state index contributed by atoms with van der Waals surface area (Å²) in [5.41, 5.74) is 2.04. The number of halogens is 2. The van der Waals surface area contributed by atoms with Crippen LogP contribution in [0, 0.1) is 19.7 Å². The van der Waals surface area contributed by atoms with Crippen LogP contribution < -0.4 is 5.32 Å². The largest absolute Gasteiger partial charge is 0.308 e. The second-order valence-corrected chi connectivity index (χ2v) is 5.79.